The van der Waals surface area contributed by atoms with Gasteiger partial charge in [-0.25, -0.2) is 0 Å². The van der Waals surface area contributed by atoms with Gasteiger partial charge in [-0.3, -0.25) is 9.48 Å². The highest BCUT2D eigenvalue weighted by atomic mass is 16.5. The van der Waals surface area contributed by atoms with Crippen molar-refractivity contribution in [2.75, 3.05) is 12.4 Å². The standard InChI is InChI=1S/C22H27N5O2/c1-14(2)15-6-8-17(9-7-15)27-13-16-11-20(21(29-3)12-19(16)26-27)24-22(28)18-5-4-10-23-25-18/h4-5,10-15,17H,6-9H2,1-3H3,(H,24,28). The van der Waals surface area contributed by atoms with Crippen LogP contribution in [0.2, 0.25) is 0 Å². The third-order valence-corrected chi connectivity index (χ3v) is 5.95. The number of ether oxygens (including phenoxy) is 1. The molecule has 0 atom stereocenters. The number of aromatic nitrogens is 4. The van der Waals surface area contributed by atoms with Crippen LogP contribution in [0.1, 0.15) is 56.1 Å². The van der Waals surface area contributed by atoms with Crippen LogP contribution in [0.15, 0.2) is 36.7 Å². The van der Waals surface area contributed by atoms with Gasteiger partial charge in [0.1, 0.15) is 5.75 Å². The number of rotatable bonds is 5. The fourth-order valence-electron chi connectivity index (χ4n) is 4.17. The van der Waals surface area contributed by atoms with Crippen molar-refractivity contribution in [2.45, 2.75) is 45.6 Å². The molecule has 0 saturated heterocycles. The second-order valence-corrected chi connectivity index (χ2v) is 8.10. The molecule has 152 valence electrons. The molecular formula is C22H27N5O2. The van der Waals surface area contributed by atoms with Crippen LogP contribution in [0, 0.1) is 11.8 Å². The van der Waals surface area contributed by atoms with Crippen LogP contribution in [0.4, 0.5) is 5.69 Å². The lowest BCUT2D eigenvalue weighted by molar-refractivity contribution is 0.102. The number of amides is 1. The zero-order chi connectivity index (χ0) is 20.4. The van der Waals surface area contributed by atoms with Gasteiger partial charge >= 0.3 is 0 Å². The first kappa shape index (κ1) is 19.4. The minimum Gasteiger partial charge on any atom is -0.494 e. The highest BCUT2D eigenvalue weighted by Crippen LogP contribution is 2.37. The van der Waals surface area contributed by atoms with Crippen molar-refractivity contribution >= 4 is 22.5 Å². The van der Waals surface area contributed by atoms with Gasteiger partial charge in [0.15, 0.2) is 5.69 Å². The molecule has 0 spiro atoms. The summed E-state index contributed by atoms with van der Waals surface area (Å²) < 4.78 is 7.58. The number of hydrogen-bond acceptors (Lipinski definition) is 5. The van der Waals surface area contributed by atoms with E-state index in [0.29, 0.717) is 17.5 Å². The Kier molecular flexibility index (Phi) is 5.47. The number of anilines is 1. The van der Waals surface area contributed by atoms with Crippen molar-refractivity contribution in [3.05, 3.63) is 42.4 Å². The van der Waals surface area contributed by atoms with Crippen LogP contribution < -0.4 is 10.1 Å². The molecule has 0 unspecified atom stereocenters. The summed E-state index contributed by atoms with van der Waals surface area (Å²) in [6.07, 6.45) is 8.43. The Morgan fingerprint density at radius 1 is 1.24 bits per heavy atom. The van der Waals surface area contributed by atoms with E-state index in [-0.39, 0.29) is 11.6 Å². The Balaban J connectivity index is 1.57. The molecule has 2 aromatic heterocycles. The predicted molar refractivity (Wildman–Crippen MR) is 112 cm³/mol. The molecule has 1 amide bonds. The Morgan fingerprint density at radius 3 is 2.69 bits per heavy atom. The molecule has 7 nitrogen and oxygen atoms in total. The lowest BCUT2D eigenvalue weighted by Gasteiger charge is -2.30. The van der Waals surface area contributed by atoms with Crippen LogP contribution in [0.25, 0.3) is 10.9 Å². The van der Waals surface area contributed by atoms with Crippen LogP contribution in [0.3, 0.4) is 0 Å². The molecule has 3 aromatic rings. The number of hydrogen-bond donors (Lipinski definition) is 1. The minimum absolute atomic E-state index is 0.257. The Bertz CT molecular complexity index is 991. The maximum absolute atomic E-state index is 12.5. The highest BCUT2D eigenvalue weighted by molar-refractivity contribution is 6.04. The summed E-state index contributed by atoms with van der Waals surface area (Å²) in [7, 11) is 1.59. The molecule has 1 aromatic carbocycles. The minimum atomic E-state index is -0.324. The van der Waals surface area contributed by atoms with Crippen LogP contribution >= 0.6 is 0 Å². The summed E-state index contributed by atoms with van der Waals surface area (Å²) in [5.74, 6) is 1.82. The first-order valence-electron chi connectivity index (χ1n) is 10.2. The second-order valence-electron chi connectivity index (χ2n) is 8.10. The zero-order valence-corrected chi connectivity index (χ0v) is 17.1. The molecule has 2 heterocycles. The number of fused-ring (bicyclic) bond motifs is 1. The van der Waals surface area contributed by atoms with Crippen molar-refractivity contribution in [1.82, 2.24) is 20.0 Å². The van der Waals surface area contributed by atoms with E-state index in [1.165, 1.54) is 19.0 Å². The molecule has 0 aliphatic heterocycles. The Morgan fingerprint density at radius 2 is 2.03 bits per heavy atom. The summed E-state index contributed by atoms with van der Waals surface area (Å²) in [6.45, 7) is 4.63. The smallest absolute Gasteiger partial charge is 0.276 e. The third kappa shape index (κ3) is 4.09. The van der Waals surface area contributed by atoms with Crippen LogP contribution in [0.5, 0.6) is 5.75 Å². The maximum atomic E-state index is 12.5. The van der Waals surface area contributed by atoms with E-state index in [4.69, 9.17) is 9.84 Å². The Hall–Kier alpha value is -2.96. The molecule has 7 heteroatoms. The quantitative estimate of drug-likeness (QED) is 0.691. The zero-order valence-electron chi connectivity index (χ0n) is 17.1. The molecule has 1 aliphatic rings. The monoisotopic (exact) mass is 393 g/mol. The van der Waals surface area contributed by atoms with E-state index in [0.717, 1.165) is 35.6 Å². The SMILES string of the molecule is COc1cc2nn(C3CCC(C(C)C)CC3)cc2cc1NC(=O)c1cccnn1. The lowest BCUT2D eigenvalue weighted by Crippen LogP contribution is -2.21. The van der Waals surface area contributed by atoms with E-state index < -0.39 is 0 Å². The molecule has 4 rings (SSSR count). The summed E-state index contributed by atoms with van der Waals surface area (Å²) in [5, 5.41) is 16.3. The van der Waals surface area contributed by atoms with E-state index in [2.05, 4.69) is 40.2 Å². The van der Waals surface area contributed by atoms with Crippen molar-refractivity contribution in [2.24, 2.45) is 11.8 Å². The predicted octanol–water partition coefficient (Wildman–Crippen LogP) is 4.47. The van der Waals surface area contributed by atoms with Gasteiger partial charge in [-0.05, 0) is 55.7 Å². The van der Waals surface area contributed by atoms with Gasteiger partial charge in [0.05, 0.1) is 24.4 Å². The highest BCUT2D eigenvalue weighted by Gasteiger charge is 2.25. The van der Waals surface area contributed by atoms with E-state index in [1.807, 2.05) is 12.1 Å². The summed E-state index contributed by atoms with van der Waals surface area (Å²) >= 11 is 0. The number of nitrogens with one attached hydrogen (secondary N) is 1. The van der Waals surface area contributed by atoms with Crippen molar-refractivity contribution in [3.8, 4) is 5.75 Å². The van der Waals surface area contributed by atoms with E-state index >= 15 is 0 Å². The fraction of sp³-hybridized carbons (Fsp3) is 0.455. The number of carbonyl (C=O) groups excluding carboxylic acids is 1. The third-order valence-electron chi connectivity index (χ3n) is 5.95. The lowest BCUT2D eigenvalue weighted by atomic mass is 9.80. The molecule has 1 aliphatic carbocycles. The van der Waals surface area contributed by atoms with Gasteiger partial charge in [-0.1, -0.05) is 13.8 Å². The van der Waals surface area contributed by atoms with Crippen molar-refractivity contribution < 1.29 is 9.53 Å². The summed E-state index contributed by atoms with van der Waals surface area (Å²) in [5.41, 5.74) is 1.72. The van der Waals surface area contributed by atoms with Gasteiger partial charge < -0.3 is 10.1 Å². The average molecular weight is 393 g/mol. The average Bonchev–Trinajstić information content (AvgIpc) is 3.16. The molecule has 1 saturated carbocycles. The van der Waals surface area contributed by atoms with Gasteiger partial charge in [0.25, 0.3) is 5.91 Å². The number of methoxy groups -OCH3 is 1. The van der Waals surface area contributed by atoms with E-state index in [1.54, 1.807) is 19.2 Å². The summed E-state index contributed by atoms with van der Waals surface area (Å²) in [4.78, 5) is 12.5. The topological polar surface area (TPSA) is 81.9 Å². The molecule has 1 N–H and O–H groups in total. The largest absolute Gasteiger partial charge is 0.494 e. The second kappa shape index (κ2) is 8.19. The van der Waals surface area contributed by atoms with Gasteiger partial charge in [0, 0.05) is 23.8 Å². The number of benzene rings is 1. The van der Waals surface area contributed by atoms with Crippen LogP contribution in [-0.4, -0.2) is 33.0 Å². The van der Waals surface area contributed by atoms with Crippen molar-refractivity contribution in [1.29, 1.82) is 0 Å². The normalized spacial score (nSPS) is 19.4. The van der Waals surface area contributed by atoms with Gasteiger partial charge in [0.2, 0.25) is 0 Å². The van der Waals surface area contributed by atoms with Gasteiger partial charge in [-0.2, -0.15) is 10.2 Å². The van der Waals surface area contributed by atoms with Crippen LogP contribution in [-0.2, 0) is 0 Å². The molecule has 29 heavy (non-hydrogen) atoms. The van der Waals surface area contributed by atoms with Crippen molar-refractivity contribution in [3.63, 3.8) is 0 Å². The Labute approximate surface area is 170 Å². The van der Waals surface area contributed by atoms with E-state index in [9.17, 15) is 4.79 Å². The first-order chi connectivity index (χ1) is 14.0. The number of carbonyl (C=O) groups is 1. The molecule has 1 fully saturated rings. The molecule has 0 radical (unpaired) electrons. The summed E-state index contributed by atoms with van der Waals surface area (Å²) in [6, 6.07) is 7.52. The first-order valence-corrected chi connectivity index (χ1v) is 10.2. The molecular weight excluding hydrogens is 366 g/mol. The number of nitrogens with zero attached hydrogens (tertiary/aromatic N) is 4. The fourth-order valence-corrected chi connectivity index (χ4v) is 4.17. The van der Waals surface area contributed by atoms with Gasteiger partial charge in [-0.15, -0.1) is 5.10 Å². The molecule has 0 bridgehead atoms. The maximum Gasteiger partial charge on any atom is 0.276 e.